The number of nitrogens with zero attached hydrogens (tertiary/aromatic N) is 6. The molecular weight excluding hydrogens is 376 g/mol. The first kappa shape index (κ1) is 18.6. The summed E-state index contributed by atoms with van der Waals surface area (Å²) in [5.74, 6) is 0.757. The molecule has 2 fully saturated rings. The molecule has 0 unspecified atom stereocenters. The van der Waals surface area contributed by atoms with Gasteiger partial charge in [-0.1, -0.05) is 12.8 Å². The lowest BCUT2D eigenvalue weighted by molar-refractivity contribution is 0.499. The highest BCUT2D eigenvalue weighted by molar-refractivity contribution is 5.81. The van der Waals surface area contributed by atoms with Gasteiger partial charge in [-0.2, -0.15) is 5.26 Å². The van der Waals surface area contributed by atoms with Gasteiger partial charge in [0.15, 0.2) is 0 Å². The summed E-state index contributed by atoms with van der Waals surface area (Å²) >= 11 is 0. The van der Waals surface area contributed by atoms with Crippen molar-refractivity contribution in [1.82, 2.24) is 14.5 Å². The van der Waals surface area contributed by atoms with E-state index in [9.17, 15) is 10.1 Å². The molecule has 2 aliphatic rings. The van der Waals surface area contributed by atoms with Crippen LogP contribution in [0.4, 0.5) is 11.5 Å². The van der Waals surface area contributed by atoms with Gasteiger partial charge in [0.05, 0.1) is 22.8 Å². The molecule has 7 heteroatoms. The third-order valence-corrected chi connectivity index (χ3v) is 6.34. The fraction of sp³-hybridized carbons (Fsp3) is 0.391. The van der Waals surface area contributed by atoms with Gasteiger partial charge in [-0.05, 0) is 43.2 Å². The zero-order valence-corrected chi connectivity index (χ0v) is 16.9. The first-order chi connectivity index (χ1) is 14.7. The predicted molar refractivity (Wildman–Crippen MR) is 117 cm³/mol. The molecule has 3 aromatic rings. The van der Waals surface area contributed by atoms with E-state index in [-0.39, 0.29) is 5.56 Å². The first-order valence-corrected chi connectivity index (χ1v) is 10.6. The van der Waals surface area contributed by atoms with Crippen LogP contribution in [0, 0.1) is 11.3 Å². The fourth-order valence-electron chi connectivity index (χ4n) is 4.68. The third-order valence-electron chi connectivity index (χ3n) is 6.34. The maximum Gasteiger partial charge on any atom is 0.261 e. The van der Waals surface area contributed by atoms with E-state index < -0.39 is 0 Å². The molecule has 0 amide bonds. The lowest BCUT2D eigenvalue weighted by atomic mass is 10.1. The van der Waals surface area contributed by atoms with E-state index in [0.717, 1.165) is 56.0 Å². The second-order valence-corrected chi connectivity index (χ2v) is 8.06. The van der Waals surface area contributed by atoms with Crippen LogP contribution in [0.1, 0.15) is 37.3 Å². The average molecular weight is 400 g/mol. The number of hydrogen-bond donors (Lipinski definition) is 0. The van der Waals surface area contributed by atoms with Gasteiger partial charge in [0.2, 0.25) is 0 Å². The van der Waals surface area contributed by atoms with Crippen molar-refractivity contribution in [2.75, 3.05) is 36.0 Å². The molecule has 5 rings (SSSR count). The van der Waals surface area contributed by atoms with Crippen molar-refractivity contribution in [3.8, 4) is 6.07 Å². The summed E-state index contributed by atoms with van der Waals surface area (Å²) in [4.78, 5) is 26.4. The molecule has 3 heterocycles. The second kappa shape index (κ2) is 7.79. The number of aromatic nitrogens is 3. The standard InChI is InChI=1S/C23H24N6O/c24-15-17-4-3-9-25-22(17)28-12-10-27(11-13-28)19-7-8-20-21(14-19)26-16-29(23(20)30)18-5-1-2-6-18/h3-4,7-9,14,16,18H,1-2,5-6,10-13H2. The predicted octanol–water partition coefficient (Wildman–Crippen LogP) is 3.10. The Kier molecular flexibility index (Phi) is 4.83. The van der Waals surface area contributed by atoms with Crippen LogP contribution in [0.5, 0.6) is 0 Å². The van der Waals surface area contributed by atoms with Crippen molar-refractivity contribution in [3.05, 3.63) is 58.8 Å². The summed E-state index contributed by atoms with van der Waals surface area (Å²) < 4.78 is 1.83. The van der Waals surface area contributed by atoms with Crippen molar-refractivity contribution < 1.29 is 0 Å². The van der Waals surface area contributed by atoms with Gasteiger partial charge in [0.1, 0.15) is 11.9 Å². The Morgan fingerprint density at radius 2 is 1.77 bits per heavy atom. The summed E-state index contributed by atoms with van der Waals surface area (Å²) in [6, 6.07) is 12.1. The average Bonchev–Trinajstić information content (AvgIpc) is 3.34. The zero-order chi connectivity index (χ0) is 20.5. The van der Waals surface area contributed by atoms with Crippen molar-refractivity contribution in [2.24, 2.45) is 0 Å². The quantitative estimate of drug-likeness (QED) is 0.672. The Balaban J connectivity index is 1.35. The number of fused-ring (bicyclic) bond motifs is 1. The maximum atomic E-state index is 12.9. The van der Waals surface area contributed by atoms with Gasteiger partial charge >= 0.3 is 0 Å². The van der Waals surface area contributed by atoms with Crippen LogP contribution in [0.15, 0.2) is 47.7 Å². The normalized spacial score (nSPS) is 17.4. The van der Waals surface area contributed by atoms with Crippen LogP contribution in [-0.2, 0) is 0 Å². The fourth-order valence-corrected chi connectivity index (χ4v) is 4.68. The van der Waals surface area contributed by atoms with Crippen molar-refractivity contribution in [1.29, 1.82) is 5.26 Å². The molecule has 0 N–H and O–H groups in total. The van der Waals surface area contributed by atoms with Crippen LogP contribution in [-0.4, -0.2) is 40.7 Å². The van der Waals surface area contributed by atoms with Crippen LogP contribution in [0.3, 0.4) is 0 Å². The van der Waals surface area contributed by atoms with E-state index in [1.165, 1.54) is 12.8 Å². The summed E-state index contributed by atoms with van der Waals surface area (Å²) in [6.45, 7) is 3.24. The van der Waals surface area contributed by atoms with E-state index in [4.69, 9.17) is 0 Å². The highest BCUT2D eigenvalue weighted by atomic mass is 16.1. The smallest absolute Gasteiger partial charge is 0.261 e. The van der Waals surface area contributed by atoms with Gasteiger partial charge in [-0.25, -0.2) is 9.97 Å². The molecule has 1 saturated heterocycles. The Hall–Kier alpha value is -3.40. The SMILES string of the molecule is N#Cc1cccnc1N1CCN(c2ccc3c(=O)n(C4CCCC4)cnc3c2)CC1. The summed E-state index contributed by atoms with van der Waals surface area (Å²) in [7, 11) is 0. The molecule has 0 radical (unpaired) electrons. The highest BCUT2D eigenvalue weighted by Crippen LogP contribution is 2.29. The van der Waals surface area contributed by atoms with Gasteiger partial charge in [0.25, 0.3) is 5.56 Å². The Labute approximate surface area is 175 Å². The minimum Gasteiger partial charge on any atom is -0.368 e. The first-order valence-electron chi connectivity index (χ1n) is 10.6. The van der Waals surface area contributed by atoms with E-state index in [1.54, 1.807) is 18.6 Å². The summed E-state index contributed by atoms with van der Waals surface area (Å²) in [6.07, 6.45) is 7.98. The van der Waals surface area contributed by atoms with E-state index in [1.807, 2.05) is 28.8 Å². The maximum absolute atomic E-state index is 12.9. The minimum absolute atomic E-state index is 0.0717. The van der Waals surface area contributed by atoms with Gasteiger partial charge in [0, 0.05) is 44.1 Å². The molecule has 0 spiro atoms. The van der Waals surface area contributed by atoms with E-state index in [0.29, 0.717) is 17.0 Å². The largest absolute Gasteiger partial charge is 0.368 e. The van der Waals surface area contributed by atoms with E-state index >= 15 is 0 Å². The number of nitriles is 1. The van der Waals surface area contributed by atoms with Crippen molar-refractivity contribution in [2.45, 2.75) is 31.7 Å². The molecule has 7 nitrogen and oxygen atoms in total. The molecule has 1 aliphatic heterocycles. The molecule has 2 aromatic heterocycles. The Bertz CT molecular complexity index is 1170. The number of hydrogen-bond acceptors (Lipinski definition) is 6. The van der Waals surface area contributed by atoms with Gasteiger partial charge < -0.3 is 9.80 Å². The van der Waals surface area contributed by atoms with Crippen LogP contribution in [0.2, 0.25) is 0 Å². The molecule has 1 aromatic carbocycles. The lowest BCUT2D eigenvalue weighted by Gasteiger charge is -2.37. The molecule has 30 heavy (non-hydrogen) atoms. The van der Waals surface area contributed by atoms with Crippen LogP contribution >= 0.6 is 0 Å². The van der Waals surface area contributed by atoms with Gasteiger partial charge in [-0.3, -0.25) is 9.36 Å². The number of anilines is 2. The van der Waals surface area contributed by atoms with Crippen molar-refractivity contribution >= 4 is 22.4 Å². The van der Waals surface area contributed by atoms with Gasteiger partial charge in [-0.15, -0.1) is 0 Å². The van der Waals surface area contributed by atoms with Crippen LogP contribution < -0.4 is 15.4 Å². The molecule has 1 aliphatic carbocycles. The highest BCUT2D eigenvalue weighted by Gasteiger charge is 2.22. The molecular formula is C23H24N6O. The molecule has 152 valence electrons. The Morgan fingerprint density at radius 3 is 2.53 bits per heavy atom. The van der Waals surface area contributed by atoms with E-state index in [2.05, 4.69) is 25.8 Å². The summed E-state index contributed by atoms with van der Waals surface area (Å²) in [5.41, 5.74) is 2.52. The van der Waals surface area contributed by atoms with Crippen molar-refractivity contribution in [3.63, 3.8) is 0 Å². The number of pyridine rings is 1. The number of rotatable bonds is 3. The summed E-state index contributed by atoms with van der Waals surface area (Å²) in [5, 5.41) is 10.0. The van der Waals surface area contributed by atoms with Crippen LogP contribution in [0.25, 0.3) is 10.9 Å². The zero-order valence-electron chi connectivity index (χ0n) is 16.9. The molecule has 0 bridgehead atoms. The number of piperazine rings is 1. The Morgan fingerprint density at radius 1 is 1.00 bits per heavy atom. The minimum atomic E-state index is 0.0717. The molecule has 0 atom stereocenters. The lowest BCUT2D eigenvalue weighted by Crippen LogP contribution is -2.47. The molecule has 1 saturated carbocycles. The number of benzene rings is 1. The topological polar surface area (TPSA) is 78.0 Å². The monoisotopic (exact) mass is 400 g/mol. The third kappa shape index (κ3) is 3.28. The second-order valence-electron chi connectivity index (χ2n) is 8.06.